The quantitative estimate of drug-likeness (QED) is 0.481. The van der Waals surface area contributed by atoms with E-state index >= 15 is 0 Å². The van der Waals surface area contributed by atoms with Gasteiger partial charge < -0.3 is 9.59 Å². The van der Waals surface area contributed by atoms with Gasteiger partial charge in [0.15, 0.2) is 0 Å². The van der Waals surface area contributed by atoms with Crippen LogP contribution in [0.4, 0.5) is 0 Å². The number of carbonyl (C=O) groups is 2. The van der Waals surface area contributed by atoms with Crippen molar-refractivity contribution in [3.63, 3.8) is 0 Å². The molecule has 0 fully saturated rings. The molecule has 0 heterocycles. The lowest BCUT2D eigenvalue weighted by Crippen LogP contribution is -2.06. The Labute approximate surface area is 71.2 Å². The third kappa shape index (κ3) is 4.88. The molecule has 0 aliphatic carbocycles. The maximum Gasteiger partial charge on any atom is 0.132 e. The summed E-state index contributed by atoms with van der Waals surface area (Å²) in [4.78, 5) is 20.0. The predicted molar refractivity (Wildman–Crippen MR) is 46.9 cm³/mol. The molecule has 0 bridgehead atoms. The van der Waals surface area contributed by atoms with Gasteiger partial charge in [0, 0.05) is 0 Å². The van der Waals surface area contributed by atoms with E-state index in [2.05, 4.69) is 25.3 Å². The van der Waals surface area contributed by atoms with Crippen LogP contribution in [-0.4, -0.2) is 23.1 Å². The summed E-state index contributed by atoms with van der Waals surface area (Å²) >= 11 is 7.85. The summed E-state index contributed by atoms with van der Waals surface area (Å²) in [7, 11) is 0. The van der Waals surface area contributed by atoms with Crippen molar-refractivity contribution in [2.75, 3.05) is 0 Å². The van der Waals surface area contributed by atoms with Crippen molar-refractivity contribution in [2.24, 2.45) is 0 Å². The standard InChI is InChI=1S/C6H10O2S2/c7-3-5(9)1-2-6(10)4-8/h3-6,9-10H,1-2H2/t5-,6+. The second-order valence-corrected chi connectivity index (χ2v) is 3.31. The van der Waals surface area contributed by atoms with Gasteiger partial charge >= 0.3 is 0 Å². The lowest BCUT2D eigenvalue weighted by Gasteiger charge is -2.02. The van der Waals surface area contributed by atoms with Crippen LogP contribution in [0, 0.1) is 0 Å². The van der Waals surface area contributed by atoms with Gasteiger partial charge in [0.25, 0.3) is 0 Å². The van der Waals surface area contributed by atoms with E-state index in [0.29, 0.717) is 12.8 Å². The van der Waals surface area contributed by atoms with Crippen LogP contribution in [0.25, 0.3) is 0 Å². The van der Waals surface area contributed by atoms with E-state index in [9.17, 15) is 9.59 Å². The van der Waals surface area contributed by atoms with Crippen molar-refractivity contribution >= 4 is 37.8 Å². The number of aldehydes is 2. The zero-order chi connectivity index (χ0) is 7.98. The minimum Gasteiger partial charge on any atom is -0.302 e. The average molecular weight is 178 g/mol. The first kappa shape index (κ1) is 10.0. The van der Waals surface area contributed by atoms with Crippen LogP contribution >= 0.6 is 25.3 Å². The van der Waals surface area contributed by atoms with Crippen molar-refractivity contribution < 1.29 is 9.59 Å². The van der Waals surface area contributed by atoms with Crippen LogP contribution in [-0.2, 0) is 9.59 Å². The van der Waals surface area contributed by atoms with Gasteiger partial charge in [-0.15, -0.1) is 0 Å². The maximum absolute atomic E-state index is 10.0. The second-order valence-electron chi connectivity index (χ2n) is 1.98. The molecule has 10 heavy (non-hydrogen) atoms. The summed E-state index contributed by atoms with van der Waals surface area (Å²) in [5.41, 5.74) is 0. The summed E-state index contributed by atoms with van der Waals surface area (Å²) in [6, 6.07) is 0. The normalized spacial score (nSPS) is 15.8. The van der Waals surface area contributed by atoms with Gasteiger partial charge in [0.1, 0.15) is 12.6 Å². The van der Waals surface area contributed by atoms with Gasteiger partial charge in [-0.25, -0.2) is 0 Å². The average Bonchev–Trinajstić information content (AvgIpc) is 1.99. The van der Waals surface area contributed by atoms with Crippen molar-refractivity contribution in [3.05, 3.63) is 0 Å². The van der Waals surface area contributed by atoms with Crippen LogP contribution < -0.4 is 0 Å². The van der Waals surface area contributed by atoms with E-state index in [0.717, 1.165) is 12.6 Å². The fraction of sp³-hybridized carbons (Fsp3) is 0.667. The molecule has 2 atom stereocenters. The largest absolute Gasteiger partial charge is 0.302 e. The smallest absolute Gasteiger partial charge is 0.132 e. The first-order valence-electron chi connectivity index (χ1n) is 2.97. The van der Waals surface area contributed by atoms with E-state index < -0.39 is 0 Å². The summed E-state index contributed by atoms with van der Waals surface area (Å²) in [6.07, 6.45) is 2.74. The third-order valence-corrected chi connectivity index (χ3v) is 1.83. The highest BCUT2D eigenvalue weighted by Crippen LogP contribution is 2.07. The molecular weight excluding hydrogens is 168 g/mol. The Hall–Kier alpha value is 0.0400. The molecule has 0 saturated heterocycles. The van der Waals surface area contributed by atoms with Gasteiger partial charge in [-0.05, 0) is 12.8 Å². The summed E-state index contributed by atoms with van der Waals surface area (Å²) in [6.45, 7) is 0. The third-order valence-electron chi connectivity index (χ3n) is 1.07. The Morgan fingerprint density at radius 2 is 1.30 bits per heavy atom. The lowest BCUT2D eigenvalue weighted by atomic mass is 10.2. The monoisotopic (exact) mass is 178 g/mol. The van der Waals surface area contributed by atoms with Crippen LogP contribution in [0.2, 0.25) is 0 Å². The molecule has 0 aliphatic heterocycles. The van der Waals surface area contributed by atoms with Gasteiger partial charge in [0.2, 0.25) is 0 Å². The minimum atomic E-state index is -0.255. The molecule has 0 rings (SSSR count). The van der Waals surface area contributed by atoms with Crippen LogP contribution in [0.5, 0.6) is 0 Å². The predicted octanol–water partition coefficient (Wildman–Crippen LogP) is 0.761. The van der Waals surface area contributed by atoms with Crippen molar-refractivity contribution in [1.29, 1.82) is 0 Å². The first-order chi connectivity index (χ1) is 4.70. The summed E-state index contributed by atoms with van der Waals surface area (Å²) in [5.74, 6) is 0. The molecule has 2 nitrogen and oxygen atoms in total. The molecular formula is C6H10O2S2. The number of thiol groups is 2. The number of hydrogen-bond donors (Lipinski definition) is 2. The fourth-order valence-corrected chi connectivity index (χ4v) is 0.776. The van der Waals surface area contributed by atoms with Gasteiger partial charge in [-0.3, -0.25) is 0 Å². The molecule has 4 heteroatoms. The zero-order valence-electron chi connectivity index (χ0n) is 5.43. The first-order valence-corrected chi connectivity index (χ1v) is 4.00. The van der Waals surface area contributed by atoms with Crippen molar-refractivity contribution in [1.82, 2.24) is 0 Å². The highest BCUT2D eigenvalue weighted by Gasteiger charge is 2.04. The molecule has 0 spiro atoms. The topological polar surface area (TPSA) is 34.1 Å². The Balaban J connectivity index is 3.34. The van der Waals surface area contributed by atoms with E-state index in [1.165, 1.54) is 0 Å². The van der Waals surface area contributed by atoms with E-state index in [4.69, 9.17) is 0 Å². The van der Waals surface area contributed by atoms with Crippen LogP contribution in [0.3, 0.4) is 0 Å². The zero-order valence-corrected chi connectivity index (χ0v) is 7.22. The molecule has 0 saturated carbocycles. The Kier molecular flexibility index (Phi) is 5.82. The molecule has 0 N–H and O–H groups in total. The molecule has 0 radical (unpaired) electrons. The van der Waals surface area contributed by atoms with E-state index in [1.54, 1.807) is 0 Å². The Morgan fingerprint density at radius 1 is 1.00 bits per heavy atom. The number of carbonyl (C=O) groups excluding carboxylic acids is 2. The van der Waals surface area contributed by atoms with Crippen molar-refractivity contribution in [3.8, 4) is 0 Å². The number of hydrogen-bond acceptors (Lipinski definition) is 4. The molecule has 0 aromatic rings. The molecule has 0 aliphatic rings. The highest BCUT2D eigenvalue weighted by molar-refractivity contribution is 7.82. The molecule has 58 valence electrons. The lowest BCUT2D eigenvalue weighted by molar-refractivity contribution is -0.109. The van der Waals surface area contributed by atoms with Crippen LogP contribution in [0.1, 0.15) is 12.8 Å². The SMILES string of the molecule is O=C[C@@H](S)CC[C@@H](S)C=O. The molecule has 0 aromatic heterocycles. The Morgan fingerprint density at radius 3 is 1.50 bits per heavy atom. The highest BCUT2D eigenvalue weighted by atomic mass is 32.1. The molecule has 0 aromatic carbocycles. The van der Waals surface area contributed by atoms with Gasteiger partial charge in [-0.1, -0.05) is 0 Å². The number of rotatable bonds is 5. The van der Waals surface area contributed by atoms with Gasteiger partial charge in [0.05, 0.1) is 10.5 Å². The summed E-state index contributed by atoms with van der Waals surface area (Å²) < 4.78 is 0. The van der Waals surface area contributed by atoms with Gasteiger partial charge in [-0.2, -0.15) is 25.3 Å². The van der Waals surface area contributed by atoms with E-state index in [-0.39, 0.29) is 10.5 Å². The van der Waals surface area contributed by atoms with Crippen molar-refractivity contribution in [2.45, 2.75) is 23.3 Å². The fourth-order valence-electron chi connectivity index (χ4n) is 0.478. The van der Waals surface area contributed by atoms with Crippen LogP contribution in [0.15, 0.2) is 0 Å². The molecule has 0 unspecified atom stereocenters. The molecule has 0 amide bonds. The summed E-state index contributed by atoms with van der Waals surface area (Å²) in [5, 5.41) is -0.510. The maximum atomic E-state index is 10.0. The second kappa shape index (κ2) is 5.80. The Bertz CT molecular complexity index is 102. The minimum absolute atomic E-state index is 0.255. The van der Waals surface area contributed by atoms with E-state index in [1.807, 2.05) is 0 Å².